The minimum Gasteiger partial charge on any atom is -0.399 e. The molecule has 76 valence electrons. The highest BCUT2D eigenvalue weighted by atomic mass is 127. The molecule has 4 heteroatoms. The summed E-state index contributed by atoms with van der Waals surface area (Å²) in [5.74, 6) is 0. The molecule has 2 rings (SSSR count). The molecule has 0 aromatic heterocycles. The van der Waals surface area contributed by atoms with Crippen molar-refractivity contribution in [2.75, 3.05) is 23.7 Å². The number of hydrogen-bond donors (Lipinski definition) is 2. The molecule has 1 fully saturated rings. The molecule has 0 amide bonds. The van der Waals surface area contributed by atoms with E-state index in [1.165, 1.54) is 5.69 Å². The topological polar surface area (TPSA) is 49.5 Å². The van der Waals surface area contributed by atoms with Gasteiger partial charge in [0.25, 0.3) is 0 Å². The molecule has 0 radical (unpaired) electrons. The minimum absolute atomic E-state index is 0.177. The van der Waals surface area contributed by atoms with Crippen LogP contribution in [0.15, 0.2) is 18.2 Å². The first-order chi connectivity index (χ1) is 6.66. The normalized spacial score (nSPS) is 21.6. The van der Waals surface area contributed by atoms with Gasteiger partial charge in [0.05, 0.1) is 11.8 Å². The number of aliphatic hydroxyl groups excluding tert-OH is 1. The van der Waals surface area contributed by atoms with Gasteiger partial charge in [-0.05, 0) is 47.2 Å². The molecule has 0 aliphatic carbocycles. The van der Waals surface area contributed by atoms with Crippen molar-refractivity contribution in [1.29, 1.82) is 0 Å². The molecule has 0 bridgehead atoms. The predicted molar refractivity (Wildman–Crippen MR) is 66.4 cm³/mol. The van der Waals surface area contributed by atoms with Crippen LogP contribution in [0.3, 0.4) is 0 Å². The molecule has 1 aromatic carbocycles. The Morgan fingerprint density at radius 3 is 2.86 bits per heavy atom. The predicted octanol–water partition coefficient (Wildman–Crippen LogP) is 1.44. The SMILES string of the molecule is Nc1ccc(N2CCC(O)C2)c(I)c1. The van der Waals surface area contributed by atoms with Crippen molar-refractivity contribution in [2.24, 2.45) is 0 Å². The average Bonchev–Trinajstić information content (AvgIpc) is 2.51. The maximum absolute atomic E-state index is 9.44. The van der Waals surface area contributed by atoms with Crippen molar-refractivity contribution in [3.05, 3.63) is 21.8 Å². The summed E-state index contributed by atoms with van der Waals surface area (Å²) in [6.07, 6.45) is 0.684. The lowest BCUT2D eigenvalue weighted by Gasteiger charge is -2.19. The van der Waals surface area contributed by atoms with Gasteiger partial charge >= 0.3 is 0 Å². The Labute approximate surface area is 97.0 Å². The quantitative estimate of drug-likeness (QED) is 0.610. The Kier molecular flexibility index (Phi) is 2.83. The smallest absolute Gasteiger partial charge is 0.0731 e. The molecule has 1 unspecified atom stereocenters. The molecular formula is C10H13IN2O. The van der Waals surface area contributed by atoms with Gasteiger partial charge in [0.15, 0.2) is 0 Å². The molecule has 1 aliphatic rings. The van der Waals surface area contributed by atoms with Crippen LogP contribution in [-0.2, 0) is 0 Å². The van der Waals surface area contributed by atoms with E-state index in [-0.39, 0.29) is 6.10 Å². The van der Waals surface area contributed by atoms with Crippen LogP contribution in [-0.4, -0.2) is 24.3 Å². The van der Waals surface area contributed by atoms with E-state index in [4.69, 9.17) is 5.73 Å². The molecule has 0 spiro atoms. The van der Waals surface area contributed by atoms with Crippen LogP contribution in [0.25, 0.3) is 0 Å². The summed E-state index contributed by atoms with van der Waals surface area (Å²) in [4.78, 5) is 2.20. The molecule has 1 heterocycles. The van der Waals surface area contributed by atoms with Gasteiger partial charge < -0.3 is 15.7 Å². The van der Waals surface area contributed by atoms with Crippen LogP contribution in [0.1, 0.15) is 6.42 Å². The molecule has 1 aromatic rings. The van der Waals surface area contributed by atoms with E-state index < -0.39 is 0 Å². The van der Waals surface area contributed by atoms with E-state index in [2.05, 4.69) is 27.5 Å². The van der Waals surface area contributed by atoms with E-state index >= 15 is 0 Å². The molecule has 1 atom stereocenters. The second kappa shape index (κ2) is 3.94. The monoisotopic (exact) mass is 304 g/mol. The lowest BCUT2D eigenvalue weighted by molar-refractivity contribution is 0.198. The zero-order valence-corrected chi connectivity index (χ0v) is 9.94. The van der Waals surface area contributed by atoms with Crippen LogP contribution >= 0.6 is 22.6 Å². The fraction of sp³-hybridized carbons (Fsp3) is 0.400. The Balaban J connectivity index is 2.24. The first-order valence-corrected chi connectivity index (χ1v) is 5.73. The van der Waals surface area contributed by atoms with E-state index in [1.54, 1.807) is 0 Å². The summed E-state index contributed by atoms with van der Waals surface area (Å²) in [6, 6.07) is 5.89. The van der Waals surface area contributed by atoms with Gasteiger partial charge in [-0.25, -0.2) is 0 Å². The van der Waals surface area contributed by atoms with Crippen molar-refractivity contribution in [3.8, 4) is 0 Å². The van der Waals surface area contributed by atoms with Crippen molar-refractivity contribution >= 4 is 34.0 Å². The van der Waals surface area contributed by atoms with Gasteiger partial charge in [0.2, 0.25) is 0 Å². The zero-order valence-electron chi connectivity index (χ0n) is 7.78. The van der Waals surface area contributed by atoms with Gasteiger partial charge in [-0.15, -0.1) is 0 Å². The van der Waals surface area contributed by atoms with Crippen LogP contribution < -0.4 is 10.6 Å². The highest BCUT2D eigenvalue weighted by Crippen LogP contribution is 2.27. The minimum atomic E-state index is -0.177. The summed E-state index contributed by atoms with van der Waals surface area (Å²) < 4.78 is 1.15. The third-order valence-corrected chi connectivity index (χ3v) is 3.34. The Morgan fingerprint density at radius 2 is 2.29 bits per heavy atom. The lowest BCUT2D eigenvalue weighted by atomic mass is 10.2. The van der Waals surface area contributed by atoms with Crippen LogP contribution in [0.5, 0.6) is 0 Å². The molecule has 3 N–H and O–H groups in total. The zero-order chi connectivity index (χ0) is 10.1. The van der Waals surface area contributed by atoms with E-state index in [0.717, 1.165) is 28.8 Å². The fourth-order valence-corrected chi connectivity index (χ4v) is 2.62. The molecule has 1 aliphatic heterocycles. The lowest BCUT2D eigenvalue weighted by Crippen LogP contribution is -2.21. The Hall–Kier alpha value is -0.490. The van der Waals surface area contributed by atoms with Gasteiger partial charge in [-0.1, -0.05) is 0 Å². The van der Waals surface area contributed by atoms with E-state index in [0.29, 0.717) is 0 Å². The number of anilines is 2. The van der Waals surface area contributed by atoms with E-state index in [9.17, 15) is 5.11 Å². The molecule has 1 saturated heterocycles. The van der Waals surface area contributed by atoms with Crippen molar-refractivity contribution in [3.63, 3.8) is 0 Å². The highest BCUT2D eigenvalue weighted by molar-refractivity contribution is 14.1. The second-order valence-corrected chi connectivity index (χ2v) is 4.76. The number of nitrogens with zero attached hydrogens (tertiary/aromatic N) is 1. The number of halogens is 1. The number of benzene rings is 1. The van der Waals surface area contributed by atoms with Crippen molar-refractivity contribution in [1.82, 2.24) is 0 Å². The Morgan fingerprint density at radius 1 is 1.50 bits per heavy atom. The molecular weight excluding hydrogens is 291 g/mol. The van der Waals surface area contributed by atoms with Crippen LogP contribution in [0.4, 0.5) is 11.4 Å². The number of β-amino-alcohol motifs (C(OH)–C–C–N with tert-alkyl or cyclic N) is 1. The number of nitrogen functional groups attached to an aromatic ring is 1. The standard InChI is InChI=1S/C10H13IN2O/c11-9-5-7(12)1-2-10(9)13-4-3-8(14)6-13/h1-2,5,8,14H,3-4,6,12H2. The number of hydrogen-bond acceptors (Lipinski definition) is 3. The van der Waals surface area contributed by atoms with Crippen molar-refractivity contribution in [2.45, 2.75) is 12.5 Å². The van der Waals surface area contributed by atoms with Gasteiger partial charge in [0.1, 0.15) is 0 Å². The number of rotatable bonds is 1. The number of aliphatic hydroxyl groups is 1. The molecule has 0 saturated carbocycles. The summed E-state index contributed by atoms with van der Waals surface area (Å²) in [7, 11) is 0. The Bertz CT molecular complexity index is 343. The third kappa shape index (κ3) is 1.95. The summed E-state index contributed by atoms with van der Waals surface area (Å²) in [6.45, 7) is 1.67. The second-order valence-electron chi connectivity index (χ2n) is 3.60. The van der Waals surface area contributed by atoms with E-state index in [1.807, 2.05) is 18.2 Å². The first-order valence-electron chi connectivity index (χ1n) is 4.65. The maximum atomic E-state index is 9.44. The van der Waals surface area contributed by atoms with Gasteiger partial charge in [0, 0.05) is 22.3 Å². The fourth-order valence-electron chi connectivity index (χ4n) is 1.74. The molecule has 3 nitrogen and oxygen atoms in total. The summed E-state index contributed by atoms with van der Waals surface area (Å²) in [5.41, 5.74) is 7.65. The molecule has 14 heavy (non-hydrogen) atoms. The van der Waals surface area contributed by atoms with Crippen LogP contribution in [0.2, 0.25) is 0 Å². The number of nitrogens with two attached hydrogens (primary N) is 1. The average molecular weight is 304 g/mol. The third-order valence-electron chi connectivity index (χ3n) is 2.48. The first kappa shape index (κ1) is 10.0. The largest absolute Gasteiger partial charge is 0.399 e. The highest BCUT2D eigenvalue weighted by Gasteiger charge is 2.21. The van der Waals surface area contributed by atoms with Crippen LogP contribution in [0, 0.1) is 3.57 Å². The van der Waals surface area contributed by atoms with Gasteiger partial charge in [-0.3, -0.25) is 0 Å². The summed E-state index contributed by atoms with van der Waals surface area (Å²) in [5, 5.41) is 9.44. The van der Waals surface area contributed by atoms with Gasteiger partial charge in [-0.2, -0.15) is 0 Å². The van der Waals surface area contributed by atoms with Crippen molar-refractivity contribution < 1.29 is 5.11 Å². The summed E-state index contributed by atoms with van der Waals surface area (Å²) >= 11 is 2.28. The maximum Gasteiger partial charge on any atom is 0.0731 e.